The molecule has 4 nitrogen and oxygen atoms in total. The Balaban J connectivity index is 1.48. The molecule has 1 aliphatic carbocycles. The van der Waals surface area contributed by atoms with Crippen molar-refractivity contribution in [2.75, 3.05) is 0 Å². The first-order valence-corrected chi connectivity index (χ1v) is 11.6. The molecule has 0 atom stereocenters. The highest BCUT2D eigenvalue weighted by Gasteiger charge is 2.39. The first-order chi connectivity index (χ1) is 16.5. The molecule has 1 aromatic heterocycles. The molecule has 3 aromatic carbocycles. The minimum absolute atomic E-state index is 0.0208. The number of halogens is 1. The molecule has 4 aromatic rings. The monoisotopic (exact) mass is 455 g/mol. The second-order valence-electron chi connectivity index (χ2n) is 8.97. The number of rotatable bonds is 7. The number of carbonyl (C=O) groups is 1. The smallest absolute Gasteiger partial charge is 0.307 e. The van der Waals surface area contributed by atoms with Crippen LogP contribution in [0.25, 0.3) is 10.9 Å². The van der Waals surface area contributed by atoms with Gasteiger partial charge < -0.3 is 9.84 Å². The van der Waals surface area contributed by atoms with Crippen LogP contribution in [0.5, 0.6) is 5.75 Å². The summed E-state index contributed by atoms with van der Waals surface area (Å²) in [5.74, 6) is -0.438. The minimum atomic E-state index is -0.840. The Morgan fingerprint density at radius 1 is 0.971 bits per heavy atom. The summed E-state index contributed by atoms with van der Waals surface area (Å²) in [5, 5.41) is 10.3. The number of nitrogens with zero attached hydrogens (tertiary/aromatic N) is 1. The molecular formula is C29H26FNO3. The molecule has 0 bridgehead atoms. The van der Waals surface area contributed by atoms with Crippen molar-refractivity contribution in [1.29, 1.82) is 0 Å². The molecule has 172 valence electrons. The van der Waals surface area contributed by atoms with Gasteiger partial charge in [-0.3, -0.25) is 4.79 Å². The summed E-state index contributed by atoms with van der Waals surface area (Å²) in [6, 6.07) is 24.3. The minimum Gasteiger partial charge on any atom is -0.487 e. The van der Waals surface area contributed by atoms with Crippen LogP contribution in [0.3, 0.4) is 0 Å². The van der Waals surface area contributed by atoms with E-state index in [4.69, 9.17) is 4.74 Å². The van der Waals surface area contributed by atoms with Crippen molar-refractivity contribution in [2.24, 2.45) is 0 Å². The van der Waals surface area contributed by atoms with Crippen LogP contribution in [0.15, 0.2) is 78.9 Å². The lowest BCUT2D eigenvalue weighted by molar-refractivity contribution is -0.136. The number of aromatic nitrogens is 1. The van der Waals surface area contributed by atoms with Gasteiger partial charge in [0.25, 0.3) is 0 Å². The normalized spacial score (nSPS) is 14.9. The van der Waals surface area contributed by atoms with Gasteiger partial charge in [0.05, 0.1) is 17.6 Å². The number of hydrogen-bond acceptors (Lipinski definition) is 3. The molecule has 0 spiro atoms. The molecule has 1 N–H and O–H groups in total. The summed E-state index contributed by atoms with van der Waals surface area (Å²) >= 11 is 0. The molecule has 1 aliphatic rings. The molecule has 1 heterocycles. The average Bonchev–Trinajstić information content (AvgIpc) is 3.35. The van der Waals surface area contributed by atoms with Gasteiger partial charge in [-0.1, -0.05) is 55.3 Å². The Morgan fingerprint density at radius 2 is 1.76 bits per heavy atom. The molecule has 5 heteroatoms. The van der Waals surface area contributed by atoms with Gasteiger partial charge in [0.2, 0.25) is 0 Å². The van der Waals surface area contributed by atoms with Crippen LogP contribution in [0.4, 0.5) is 4.39 Å². The molecule has 0 aliphatic heterocycles. The van der Waals surface area contributed by atoms with Crippen LogP contribution < -0.4 is 4.74 Å². The van der Waals surface area contributed by atoms with E-state index in [9.17, 15) is 14.3 Å². The van der Waals surface area contributed by atoms with Gasteiger partial charge in [-0.05, 0) is 65.9 Å². The van der Waals surface area contributed by atoms with Gasteiger partial charge in [-0.15, -0.1) is 0 Å². The Kier molecular flexibility index (Phi) is 6.01. The van der Waals surface area contributed by atoms with E-state index >= 15 is 0 Å². The standard InChI is InChI=1S/C29H26FNO3/c30-23-10-13-27-21(16-23)8-11-24(31-27)19-34-25-12-9-20(17-28(32)33)26(18-25)29(14-4-5-15-29)22-6-2-1-3-7-22/h1-3,6-13,16,18H,4-5,14-15,17,19H2,(H,32,33). The van der Waals surface area contributed by atoms with Crippen molar-refractivity contribution in [3.63, 3.8) is 0 Å². The third-order valence-corrected chi connectivity index (χ3v) is 6.82. The molecule has 0 amide bonds. The largest absolute Gasteiger partial charge is 0.487 e. The zero-order chi connectivity index (χ0) is 23.5. The van der Waals surface area contributed by atoms with Gasteiger partial charge in [-0.2, -0.15) is 0 Å². The third-order valence-electron chi connectivity index (χ3n) is 6.82. The Labute approximate surface area is 198 Å². The van der Waals surface area contributed by atoms with Crippen LogP contribution >= 0.6 is 0 Å². The van der Waals surface area contributed by atoms with Gasteiger partial charge >= 0.3 is 5.97 Å². The fraction of sp³-hybridized carbons (Fsp3) is 0.241. The zero-order valence-electron chi connectivity index (χ0n) is 18.8. The lowest BCUT2D eigenvalue weighted by Gasteiger charge is -2.33. The van der Waals surface area contributed by atoms with Crippen LogP contribution in [0.1, 0.15) is 48.1 Å². The molecule has 34 heavy (non-hydrogen) atoms. The fourth-order valence-corrected chi connectivity index (χ4v) is 5.23. The Bertz CT molecular complexity index is 1330. The summed E-state index contributed by atoms with van der Waals surface area (Å²) < 4.78 is 19.6. The molecular weight excluding hydrogens is 429 g/mol. The zero-order valence-corrected chi connectivity index (χ0v) is 18.8. The van der Waals surface area contributed by atoms with Crippen LogP contribution in [0.2, 0.25) is 0 Å². The number of fused-ring (bicyclic) bond motifs is 1. The lowest BCUT2D eigenvalue weighted by atomic mass is 9.71. The number of carboxylic acid groups (broad SMARTS) is 1. The number of benzene rings is 3. The second kappa shape index (κ2) is 9.26. The van der Waals surface area contributed by atoms with Gasteiger partial charge in [-0.25, -0.2) is 9.37 Å². The van der Waals surface area contributed by atoms with E-state index in [1.807, 2.05) is 48.5 Å². The highest BCUT2D eigenvalue weighted by Crippen LogP contribution is 2.48. The molecule has 0 unspecified atom stereocenters. The van der Waals surface area contributed by atoms with E-state index in [-0.39, 0.29) is 24.3 Å². The van der Waals surface area contributed by atoms with Gasteiger partial charge in [0.1, 0.15) is 18.2 Å². The number of hydrogen-bond donors (Lipinski definition) is 1. The highest BCUT2D eigenvalue weighted by atomic mass is 19.1. The topological polar surface area (TPSA) is 59.4 Å². The molecule has 0 radical (unpaired) electrons. The maximum absolute atomic E-state index is 13.4. The van der Waals surface area contributed by atoms with E-state index < -0.39 is 5.97 Å². The van der Waals surface area contributed by atoms with Crippen LogP contribution in [-0.2, 0) is 23.2 Å². The quantitative estimate of drug-likeness (QED) is 0.348. The summed E-state index contributed by atoms with van der Waals surface area (Å²) in [7, 11) is 0. The van der Waals surface area contributed by atoms with E-state index in [0.29, 0.717) is 11.3 Å². The third kappa shape index (κ3) is 4.38. The first kappa shape index (κ1) is 22.1. The second-order valence-corrected chi connectivity index (χ2v) is 8.97. The van der Waals surface area contributed by atoms with E-state index in [1.54, 1.807) is 6.07 Å². The number of carboxylic acids is 1. The molecule has 0 saturated heterocycles. The number of pyridine rings is 1. The summed E-state index contributed by atoms with van der Waals surface area (Å²) in [4.78, 5) is 16.2. The summed E-state index contributed by atoms with van der Waals surface area (Å²) in [6.45, 7) is 0.267. The van der Waals surface area contributed by atoms with E-state index in [1.165, 1.54) is 17.7 Å². The average molecular weight is 456 g/mol. The molecule has 1 saturated carbocycles. The number of aliphatic carboxylic acids is 1. The molecule has 5 rings (SSSR count). The van der Waals surface area contributed by atoms with E-state index in [2.05, 4.69) is 17.1 Å². The Morgan fingerprint density at radius 3 is 2.53 bits per heavy atom. The van der Waals surface area contributed by atoms with Crippen LogP contribution in [0, 0.1) is 5.82 Å². The first-order valence-electron chi connectivity index (χ1n) is 11.6. The van der Waals surface area contributed by atoms with Gasteiger partial charge in [0, 0.05) is 10.8 Å². The van der Waals surface area contributed by atoms with Crippen molar-refractivity contribution in [1.82, 2.24) is 4.98 Å². The van der Waals surface area contributed by atoms with E-state index in [0.717, 1.165) is 47.9 Å². The maximum Gasteiger partial charge on any atom is 0.307 e. The summed E-state index contributed by atoms with van der Waals surface area (Å²) in [5.41, 5.74) is 4.34. The lowest BCUT2D eigenvalue weighted by Crippen LogP contribution is -2.26. The van der Waals surface area contributed by atoms with Crippen molar-refractivity contribution >= 4 is 16.9 Å². The highest BCUT2D eigenvalue weighted by molar-refractivity contribution is 5.78. The van der Waals surface area contributed by atoms with Crippen LogP contribution in [-0.4, -0.2) is 16.1 Å². The van der Waals surface area contributed by atoms with Crippen molar-refractivity contribution in [3.8, 4) is 5.75 Å². The summed E-state index contributed by atoms with van der Waals surface area (Å²) in [6.07, 6.45) is 4.15. The maximum atomic E-state index is 13.4. The van der Waals surface area contributed by atoms with Crippen molar-refractivity contribution in [2.45, 2.75) is 44.1 Å². The molecule has 1 fully saturated rings. The SMILES string of the molecule is O=C(O)Cc1ccc(OCc2ccc3cc(F)ccc3n2)cc1C1(c2ccccc2)CCCC1. The predicted octanol–water partition coefficient (Wildman–Crippen LogP) is 6.44. The fourth-order valence-electron chi connectivity index (χ4n) is 5.23. The van der Waals surface area contributed by atoms with Crippen molar-refractivity contribution in [3.05, 3.63) is 107 Å². The van der Waals surface area contributed by atoms with Crippen molar-refractivity contribution < 1.29 is 19.0 Å². The Hall–Kier alpha value is -3.73. The van der Waals surface area contributed by atoms with Gasteiger partial charge in [0.15, 0.2) is 0 Å². The number of ether oxygens (including phenoxy) is 1. The predicted molar refractivity (Wildman–Crippen MR) is 130 cm³/mol.